The Bertz CT molecular complexity index is 1000. The summed E-state index contributed by atoms with van der Waals surface area (Å²) in [6.07, 6.45) is 0.762. The minimum atomic E-state index is -0.651. The van der Waals surface area contributed by atoms with Crippen LogP contribution in [0.25, 0.3) is 10.9 Å². The minimum absolute atomic E-state index is 0.438. The highest BCUT2D eigenvalue weighted by Gasteiger charge is 2.25. The molecule has 4 rings (SSSR count). The lowest BCUT2D eigenvalue weighted by molar-refractivity contribution is 0.100. The van der Waals surface area contributed by atoms with Crippen molar-refractivity contribution in [1.82, 2.24) is 9.47 Å². The Labute approximate surface area is 159 Å². The molecule has 1 unspecified atom stereocenters. The molecule has 3 N–H and O–H groups in total. The largest absolute Gasteiger partial charge is 0.373 e. The molecule has 0 fully saturated rings. The first-order valence-corrected chi connectivity index (χ1v) is 9.31. The van der Waals surface area contributed by atoms with Crippen molar-refractivity contribution < 1.29 is 9.90 Å². The van der Waals surface area contributed by atoms with E-state index in [0.717, 1.165) is 30.6 Å². The van der Waals surface area contributed by atoms with Crippen molar-refractivity contribution in [1.29, 1.82) is 0 Å². The molecule has 27 heavy (non-hydrogen) atoms. The van der Waals surface area contributed by atoms with Gasteiger partial charge in [-0.05, 0) is 49.4 Å². The monoisotopic (exact) mass is 363 g/mol. The molecule has 0 bridgehead atoms. The van der Waals surface area contributed by atoms with Gasteiger partial charge in [-0.25, -0.2) is 0 Å². The van der Waals surface area contributed by atoms with Gasteiger partial charge in [0, 0.05) is 42.6 Å². The highest BCUT2D eigenvalue weighted by Crippen LogP contribution is 2.34. The van der Waals surface area contributed by atoms with E-state index in [1.165, 1.54) is 22.2 Å². The van der Waals surface area contributed by atoms with Gasteiger partial charge in [-0.1, -0.05) is 23.8 Å². The van der Waals surface area contributed by atoms with Gasteiger partial charge < -0.3 is 20.3 Å². The molecule has 5 nitrogen and oxygen atoms in total. The van der Waals surface area contributed by atoms with Crippen molar-refractivity contribution in [3.63, 3.8) is 0 Å². The van der Waals surface area contributed by atoms with Gasteiger partial charge in [-0.2, -0.15) is 0 Å². The van der Waals surface area contributed by atoms with E-state index >= 15 is 0 Å². The Balaban J connectivity index is 1.73. The van der Waals surface area contributed by atoms with Crippen molar-refractivity contribution in [3.05, 3.63) is 70.4 Å². The van der Waals surface area contributed by atoms with Crippen LogP contribution in [0.3, 0.4) is 0 Å². The summed E-state index contributed by atoms with van der Waals surface area (Å²) in [6, 6.07) is 13.6. The van der Waals surface area contributed by atoms with Crippen LogP contribution >= 0.6 is 0 Å². The fourth-order valence-electron chi connectivity index (χ4n) is 4.09. The predicted molar refractivity (Wildman–Crippen MR) is 107 cm³/mol. The lowest BCUT2D eigenvalue weighted by Gasteiger charge is -2.26. The number of aliphatic hydroxyl groups is 1. The van der Waals surface area contributed by atoms with Gasteiger partial charge in [0.1, 0.15) is 6.23 Å². The quantitative estimate of drug-likeness (QED) is 0.749. The van der Waals surface area contributed by atoms with Gasteiger partial charge in [-0.15, -0.1) is 0 Å². The van der Waals surface area contributed by atoms with Crippen LogP contribution in [0, 0.1) is 6.92 Å². The SMILES string of the molecule is Cc1ccc2c(c1)c1c(n2C(O)Cc2ccc(C(N)=O)cc2)CCN(C)C1. The topological polar surface area (TPSA) is 71.5 Å². The Morgan fingerprint density at radius 1 is 1.22 bits per heavy atom. The first-order valence-electron chi connectivity index (χ1n) is 9.31. The number of nitrogens with two attached hydrogens (primary N) is 1. The summed E-state index contributed by atoms with van der Waals surface area (Å²) in [4.78, 5) is 13.6. The number of primary amides is 1. The molecule has 2 heterocycles. The number of amides is 1. The van der Waals surface area contributed by atoms with Crippen molar-refractivity contribution >= 4 is 16.8 Å². The van der Waals surface area contributed by atoms with Gasteiger partial charge in [0.25, 0.3) is 0 Å². The summed E-state index contributed by atoms with van der Waals surface area (Å²) in [5, 5.41) is 12.3. The third-order valence-corrected chi connectivity index (χ3v) is 5.49. The average molecular weight is 363 g/mol. The Hall–Kier alpha value is -2.63. The zero-order valence-corrected chi connectivity index (χ0v) is 15.8. The smallest absolute Gasteiger partial charge is 0.248 e. The number of aryl methyl sites for hydroxylation is 1. The van der Waals surface area contributed by atoms with Crippen LogP contribution in [0.1, 0.15) is 39.0 Å². The third kappa shape index (κ3) is 3.24. The van der Waals surface area contributed by atoms with Crippen LogP contribution in [0.4, 0.5) is 0 Å². The first-order chi connectivity index (χ1) is 12.9. The summed E-state index contributed by atoms with van der Waals surface area (Å²) in [7, 11) is 2.14. The molecule has 0 radical (unpaired) electrons. The second-order valence-electron chi connectivity index (χ2n) is 7.55. The molecule has 0 saturated carbocycles. The number of carbonyl (C=O) groups is 1. The molecular formula is C22H25N3O2. The van der Waals surface area contributed by atoms with Gasteiger partial charge >= 0.3 is 0 Å². The summed E-state index contributed by atoms with van der Waals surface area (Å²) >= 11 is 0. The average Bonchev–Trinajstić information content (AvgIpc) is 2.95. The maximum absolute atomic E-state index is 11.2. The number of fused-ring (bicyclic) bond motifs is 3. The number of aromatic nitrogens is 1. The highest BCUT2D eigenvalue weighted by atomic mass is 16.3. The maximum Gasteiger partial charge on any atom is 0.248 e. The Morgan fingerprint density at radius 3 is 2.67 bits per heavy atom. The third-order valence-electron chi connectivity index (χ3n) is 5.49. The van der Waals surface area contributed by atoms with Crippen LogP contribution < -0.4 is 5.73 Å². The van der Waals surface area contributed by atoms with E-state index in [0.29, 0.717) is 12.0 Å². The summed E-state index contributed by atoms with van der Waals surface area (Å²) in [5.74, 6) is -0.438. The fraction of sp³-hybridized carbons (Fsp3) is 0.318. The zero-order chi connectivity index (χ0) is 19.1. The van der Waals surface area contributed by atoms with E-state index in [4.69, 9.17) is 5.73 Å². The van der Waals surface area contributed by atoms with E-state index < -0.39 is 12.1 Å². The number of benzene rings is 2. The number of hydrogen-bond donors (Lipinski definition) is 2. The van der Waals surface area contributed by atoms with Gasteiger partial charge in [0.05, 0.1) is 5.52 Å². The molecule has 1 aliphatic rings. The van der Waals surface area contributed by atoms with Crippen LogP contribution in [0.2, 0.25) is 0 Å². The van der Waals surface area contributed by atoms with Crippen molar-refractivity contribution in [2.24, 2.45) is 5.73 Å². The van der Waals surface area contributed by atoms with E-state index in [2.05, 4.69) is 41.6 Å². The molecule has 3 aromatic rings. The van der Waals surface area contributed by atoms with Crippen molar-refractivity contribution in [2.75, 3.05) is 13.6 Å². The molecule has 1 aliphatic heterocycles. The van der Waals surface area contributed by atoms with E-state index in [1.54, 1.807) is 12.1 Å². The molecule has 2 aromatic carbocycles. The molecule has 5 heteroatoms. The first kappa shape index (κ1) is 17.8. The summed E-state index contributed by atoms with van der Waals surface area (Å²) in [5.41, 5.74) is 11.6. The lowest BCUT2D eigenvalue weighted by Crippen LogP contribution is -2.28. The number of nitrogens with zero attached hydrogens (tertiary/aromatic N) is 2. The Kier molecular flexibility index (Phi) is 4.50. The fourth-order valence-corrected chi connectivity index (χ4v) is 4.09. The molecule has 1 atom stereocenters. The number of hydrogen-bond acceptors (Lipinski definition) is 3. The van der Waals surface area contributed by atoms with Gasteiger partial charge in [0.2, 0.25) is 5.91 Å². The van der Waals surface area contributed by atoms with E-state index in [9.17, 15) is 9.90 Å². The minimum Gasteiger partial charge on any atom is -0.373 e. The summed E-state index contributed by atoms with van der Waals surface area (Å²) in [6.45, 7) is 4.00. The summed E-state index contributed by atoms with van der Waals surface area (Å²) < 4.78 is 2.10. The van der Waals surface area contributed by atoms with Crippen LogP contribution in [-0.2, 0) is 19.4 Å². The maximum atomic E-state index is 11.2. The number of carbonyl (C=O) groups excluding carboxylic acids is 1. The number of aliphatic hydroxyl groups excluding tert-OH is 1. The van der Waals surface area contributed by atoms with Crippen molar-refractivity contribution in [3.8, 4) is 0 Å². The second kappa shape index (κ2) is 6.83. The van der Waals surface area contributed by atoms with Crippen LogP contribution in [0.15, 0.2) is 42.5 Å². The molecule has 0 spiro atoms. The van der Waals surface area contributed by atoms with Crippen molar-refractivity contribution in [2.45, 2.75) is 32.5 Å². The zero-order valence-electron chi connectivity index (χ0n) is 15.8. The van der Waals surface area contributed by atoms with Crippen LogP contribution in [0.5, 0.6) is 0 Å². The molecule has 0 aliphatic carbocycles. The molecule has 1 amide bonds. The predicted octanol–water partition coefficient (Wildman–Crippen LogP) is 2.77. The molecule has 140 valence electrons. The molecule has 1 aromatic heterocycles. The second-order valence-corrected chi connectivity index (χ2v) is 7.55. The Morgan fingerprint density at radius 2 is 1.96 bits per heavy atom. The molecule has 0 saturated heterocycles. The van der Waals surface area contributed by atoms with Gasteiger partial charge in [-0.3, -0.25) is 4.79 Å². The molecular weight excluding hydrogens is 338 g/mol. The number of rotatable bonds is 4. The highest BCUT2D eigenvalue weighted by molar-refractivity contribution is 5.92. The van der Waals surface area contributed by atoms with E-state index in [1.807, 2.05) is 12.1 Å². The normalized spacial score (nSPS) is 15.7. The van der Waals surface area contributed by atoms with E-state index in [-0.39, 0.29) is 0 Å². The lowest BCUT2D eigenvalue weighted by atomic mass is 10.0. The number of likely N-dealkylation sites (N-methyl/N-ethyl adjacent to an activating group) is 1. The van der Waals surface area contributed by atoms with Gasteiger partial charge in [0.15, 0.2) is 0 Å². The standard InChI is InChI=1S/C22H25N3O2/c1-14-3-8-19-17(11-14)18-13-24(2)10-9-20(18)25(19)21(26)12-15-4-6-16(7-5-15)22(23)27/h3-8,11,21,26H,9-10,12-13H2,1-2H3,(H2,23,27). The van der Waals surface area contributed by atoms with Crippen LogP contribution in [-0.4, -0.2) is 34.1 Å².